The third kappa shape index (κ3) is 17.8. The number of amides is 3. The standard InChI is InChI=1S/C39H79N17O9/c1-19(49-3)26-12-11-23(54-31(58)20(40)8-5-13-51-36(43)44)34(63-26)64-27-17-28(65-35-29(57)30(50-4)39(2,61)18-62-35)25(56-33(60)22(42)10-7-15-53-38(47)48)16-24(27)55-32(59)21(41)9-6-14-52-37(45)46/h19-30,34-35,49-50,57,61H,5-18,40-42H2,1-4H3,(H,54,58)(H,55,59)(H,56,60)(H4,43,44,51)(H4,45,46,52)(H4,47,48,53). The number of nitrogens with two attached hydrogens (primary N) is 9. The molecule has 2 saturated heterocycles. The van der Waals surface area contributed by atoms with Gasteiger partial charge in [-0.2, -0.15) is 0 Å². The molecule has 3 aliphatic rings. The summed E-state index contributed by atoms with van der Waals surface area (Å²) in [4.78, 5) is 52.9. The molecule has 0 radical (unpaired) electrons. The smallest absolute Gasteiger partial charge is 0.237 e. The van der Waals surface area contributed by atoms with Gasteiger partial charge in [-0.1, -0.05) is 0 Å². The second kappa shape index (κ2) is 26.8. The van der Waals surface area contributed by atoms with Crippen LogP contribution >= 0.6 is 0 Å². The zero-order valence-electron chi connectivity index (χ0n) is 38.3. The van der Waals surface area contributed by atoms with Gasteiger partial charge in [0.25, 0.3) is 0 Å². The molecule has 26 nitrogen and oxygen atoms in total. The summed E-state index contributed by atoms with van der Waals surface area (Å²) in [6.07, 6.45) is -2.82. The van der Waals surface area contributed by atoms with Crippen molar-refractivity contribution in [3.63, 3.8) is 0 Å². The van der Waals surface area contributed by atoms with Crippen LogP contribution in [0.2, 0.25) is 0 Å². The number of hydrogen-bond acceptors (Lipinski definition) is 17. The quantitative estimate of drug-likeness (QED) is 0.0230. The van der Waals surface area contributed by atoms with Crippen molar-refractivity contribution in [3.05, 3.63) is 0 Å². The molecule has 2 aliphatic heterocycles. The van der Waals surface area contributed by atoms with Gasteiger partial charge >= 0.3 is 0 Å². The Morgan fingerprint density at radius 3 is 1.55 bits per heavy atom. The lowest BCUT2D eigenvalue weighted by Crippen LogP contribution is -2.67. The molecule has 65 heavy (non-hydrogen) atoms. The predicted molar refractivity (Wildman–Crippen MR) is 244 cm³/mol. The van der Waals surface area contributed by atoms with Gasteiger partial charge in [-0.25, -0.2) is 0 Å². The Labute approximate surface area is 381 Å². The molecule has 2 heterocycles. The minimum atomic E-state index is -1.45. The lowest BCUT2D eigenvalue weighted by molar-refractivity contribution is -0.293. The summed E-state index contributed by atoms with van der Waals surface area (Å²) in [6, 6.07) is -6.18. The third-order valence-electron chi connectivity index (χ3n) is 11.9. The van der Waals surface area contributed by atoms with Gasteiger partial charge in [0.05, 0.1) is 67.2 Å². The van der Waals surface area contributed by atoms with Crippen LogP contribution in [0.5, 0.6) is 0 Å². The van der Waals surface area contributed by atoms with Gasteiger partial charge in [0.15, 0.2) is 30.5 Å². The lowest BCUT2D eigenvalue weighted by Gasteiger charge is -2.48. The number of carbonyl (C=O) groups excluding carboxylic acids is 3. The highest BCUT2D eigenvalue weighted by atomic mass is 16.7. The Morgan fingerprint density at radius 2 is 1.14 bits per heavy atom. The minimum Gasteiger partial charge on any atom is -0.386 e. The SMILES string of the molecule is CNC(C)C1CCC(NC(=O)C(N)CCCN=C(N)N)C(OC2CC(OC3OCC(C)(O)C(NC)C3O)C(NC(=O)C(N)CCCN=C(N)N)CC2NC(=O)C(N)CCCN=C(N)N)O1. The van der Waals surface area contributed by atoms with Crippen molar-refractivity contribution in [3.8, 4) is 0 Å². The topological polar surface area (TPSA) is 460 Å². The van der Waals surface area contributed by atoms with E-state index in [4.69, 9.17) is 70.6 Å². The highest BCUT2D eigenvalue weighted by molar-refractivity contribution is 5.83. The second-order valence-electron chi connectivity index (χ2n) is 17.3. The Bertz CT molecular complexity index is 1580. The number of guanidine groups is 3. The Kier molecular flexibility index (Phi) is 22.7. The van der Waals surface area contributed by atoms with Crippen LogP contribution in [0.25, 0.3) is 0 Å². The number of aliphatic hydroxyl groups excluding tert-OH is 1. The third-order valence-corrected chi connectivity index (χ3v) is 11.9. The first-order valence-electron chi connectivity index (χ1n) is 22.3. The van der Waals surface area contributed by atoms with E-state index in [1.54, 1.807) is 14.1 Å². The van der Waals surface area contributed by atoms with Crippen LogP contribution in [0.15, 0.2) is 15.0 Å². The summed E-state index contributed by atoms with van der Waals surface area (Å²) >= 11 is 0. The molecule has 26 heteroatoms. The van der Waals surface area contributed by atoms with Gasteiger partial charge in [0.1, 0.15) is 11.7 Å². The van der Waals surface area contributed by atoms with Crippen LogP contribution in [0.4, 0.5) is 0 Å². The predicted octanol–water partition coefficient (Wildman–Crippen LogP) is -6.68. The number of hydrogen-bond donors (Lipinski definition) is 16. The maximum Gasteiger partial charge on any atom is 0.237 e. The maximum atomic E-state index is 13.8. The summed E-state index contributed by atoms with van der Waals surface area (Å²) in [6.45, 7) is 4.11. The van der Waals surface area contributed by atoms with E-state index < -0.39 is 96.5 Å². The van der Waals surface area contributed by atoms with E-state index in [2.05, 4.69) is 41.6 Å². The molecular formula is C39H79N17O9. The van der Waals surface area contributed by atoms with Gasteiger partial charge < -0.3 is 107 Å². The van der Waals surface area contributed by atoms with E-state index >= 15 is 0 Å². The molecular weight excluding hydrogens is 851 g/mol. The van der Waals surface area contributed by atoms with Crippen LogP contribution < -0.4 is 78.2 Å². The number of aliphatic imine (C=N–C) groups is 3. The monoisotopic (exact) mass is 930 g/mol. The van der Waals surface area contributed by atoms with Crippen molar-refractivity contribution in [2.24, 2.45) is 66.6 Å². The fraction of sp³-hybridized carbons (Fsp3) is 0.846. The zero-order chi connectivity index (χ0) is 48.4. The summed E-state index contributed by atoms with van der Waals surface area (Å²) in [5.74, 6) is -1.70. The molecule has 0 bridgehead atoms. The van der Waals surface area contributed by atoms with Gasteiger partial charge in [-0.3, -0.25) is 29.4 Å². The molecule has 0 spiro atoms. The Hall–Kier alpha value is -4.22. The largest absolute Gasteiger partial charge is 0.386 e. The van der Waals surface area contributed by atoms with E-state index in [0.717, 1.165) is 0 Å². The average molecular weight is 930 g/mol. The molecule has 3 fully saturated rings. The first-order chi connectivity index (χ1) is 30.7. The molecule has 15 atom stereocenters. The van der Waals surface area contributed by atoms with Gasteiger partial charge in [0, 0.05) is 32.1 Å². The van der Waals surface area contributed by atoms with Crippen molar-refractivity contribution in [2.45, 2.75) is 169 Å². The lowest BCUT2D eigenvalue weighted by atomic mass is 9.84. The van der Waals surface area contributed by atoms with Crippen LogP contribution in [0.3, 0.4) is 0 Å². The summed E-state index contributed by atoms with van der Waals surface area (Å²) in [5.41, 5.74) is 50.3. The molecule has 25 N–H and O–H groups in total. The molecule has 0 aromatic rings. The first kappa shape index (κ1) is 55.1. The summed E-state index contributed by atoms with van der Waals surface area (Å²) in [7, 11) is 3.39. The number of likely N-dealkylation sites (N-methyl/N-ethyl adjacent to an activating group) is 2. The number of nitrogens with one attached hydrogen (secondary N) is 5. The van der Waals surface area contributed by atoms with E-state index in [-0.39, 0.29) is 75.4 Å². The fourth-order valence-corrected chi connectivity index (χ4v) is 8.11. The Balaban J connectivity index is 2.00. The molecule has 374 valence electrons. The summed E-state index contributed by atoms with van der Waals surface area (Å²) in [5, 5.41) is 37.6. The van der Waals surface area contributed by atoms with E-state index in [1.807, 2.05) is 6.92 Å². The molecule has 3 rings (SSSR count). The van der Waals surface area contributed by atoms with Crippen LogP contribution in [0, 0.1) is 0 Å². The van der Waals surface area contributed by atoms with Crippen molar-refractivity contribution < 1.29 is 43.5 Å². The van der Waals surface area contributed by atoms with Crippen molar-refractivity contribution in [2.75, 3.05) is 40.3 Å². The van der Waals surface area contributed by atoms with Crippen LogP contribution in [0.1, 0.15) is 78.1 Å². The zero-order valence-corrected chi connectivity index (χ0v) is 38.3. The van der Waals surface area contributed by atoms with E-state index in [0.29, 0.717) is 45.1 Å². The normalized spacial score (nSPS) is 31.0. The van der Waals surface area contributed by atoms with Crippen LogP contribution in [-0.4, -0.2) is 177 Å². The number of ether oxygens (including phenoxy) is 4. The highest BCUT2D eigenvalue weighted by Crippen LogP contribution is 2.33. The molecule has 0 aromatic carbocycles. The number of aliphatic hydroxyl groups is 2. The minimum absolute atomic E-state index is 0.0143. The number of carbonyl (C=O) groups is 3. The summed E-state index contributed by atoms with van der Waals surface area (Å²) < 4.78 is 25.8. The molecule has 15 unspecified atom stereocenters. The average Bonchev–Trinajstić information content (AvgIpc) is 3.24. The molecule has 1 aliphatic carbocycles. The van der Waals surface area contributed by atoms with Crippen molar-refractivity contribution >= 4 is 35.6 Å². The van der Waals surface area contributed by atoms with Crippen molar-refractivity contribution in [1.29, 1.82) is 0 Å². The number of rotatable bonds is 25. The molecule has 3 amide bonds. The number of nitrogens with zero attached hydrogens (tertiary/aromatic N) is 3. The van der Waals surface area contributed by atoms with Crippen LogP contribution in [-0.2, 0) is 33.3 Å². The first-order valence-corrected chi connectivity index (χ1v) is 22.3. The van der Waals surface area contributed by atoms with Crippen molar-refractivity contribution in [1.82, 2.24) is 26.6 Å². The molecule has 1 saturated carbocycles. The highest BCUT2D eigenvalue weighted by Gasteiger charge is 2.50. The van der Waals surface area contributed by atoms with E-state index in [1.165, 1.54) is 6.92 Å². The fourth-order valence-electron chi connectivity index (χ4n) is 8.11. The molecule has 0 aromatic heterocycles. The van der Waals surface area contributed by atoms with Gasteiger partial charge in [-0.15, -0.1) is 0 Å². The second-order valence-corrected chi connectivity index (χ2v) is 17.3. The van der Waals surface area contributed by atoms with Gasteiger partial charge in [0.2, 0.25) is 17.7 Å². The Morgan fingerprint density at radius 1 is 0.708 bits per heavy atom. The van der Waals surface area contributed by atoms with E-state index in [9.17, 15) is 24.6 Å². The maximum absolute atomic E-state index is 13.8. The van der Waals surface area contributed by atoms with Gasteiger partial charge in [-0.05, 0) is 85.7 Å².